The van der Waals surface area contributed by atoms with E-state index in [-0.39, 0.29) is 5.91 Å². The maximum absolute atomic E-state index is 12.3. The Labute approximate surface area is 133 Å². The summed E-state index contributed by atoms with van der Waals surface area (Å²) in [5.74, 6) is -2.41. The van der Waals surface area contributed by atoms with E-state index in [0.717, 1.165) is 11.3 Å². The first kappa shape index (κ1) is 15.3. The Hall–Kier alpha value is -2.57. The van der Waals surface area contributed by atoms with Crippen LogP contribution in [0.1, 0.15) is 19.4 Å². The molecule has 0 radical (unpaired) electrons. The second kappa shape index (κ2) is 4.97. The van der Waals surface area contributed by atoms with Crippen LogP contribution in [0.3, 0.4) is 0 Å². The summed E-state index contributed by atoms with van der Waals surface area (Å²) >= 11 is 0. The first-order chi connectivity index (χ1) is 10.7. The summed E-state index contributed by atoms with van der Waals surface area (Å²) in [6.07, 6.45) is 0.675. The number of anilines is 2. The zero-order valence-electron chi connectivity index (χ0n) is 13.0. The monoisotopic (exact) mass is 317 g/mol. The minimum atomic E-state index is -0.943. The third-order valence-corrected chi connectivity index (χ3v) is 4.88. The van der Waals surface area contributed by atoms with Crippen molar-refractivity contribution >= 4 is 29.3 Å². The fraction of sp³-hybridized carbons (Fsp3) is 0.438. The van der Waals surface area contributed by atoms with Crippen molar-refractivity contribution in [1.29, 1.82) is 0 Å². The minimum Gasteiger partial charge on any atom is -0.481 e. The second-order valence-corrected chi connectivity index (χ2v) is 6.69. The van der Waals surface area contributed by atoms with Gasteiger partial charge >= 0.3 is 12.0 Å². The van der Waals surface area contributed by atoms with Crippen LogP contribution in [0.25, 0.3) is 0 Å². The molecule has 0 spiro atoms. The molecule has 23 heavy (non-hydrogen) atoms. The summed E-state index contributed by atoms with van der Waals surface area (Å²) in [5, 5.41) is 11.9. The molecule has 3 amide bonds. The lowest BCUT2D eigenvalue weighted by Gasteiger charge is -2.14. The number of urea groups is 1. The van der Waals surface area contributed by atoms with Crippen LogP contribution in [0.2, 0.25) is 0 Å². The average molecular weight is 317 g/mol. The van der Waals surface area contributed by atoms with Crippen molar-refractivity contribution in [2.75, 3.05) is 16.8 Å². The average Bonchev–Trinajstić information content (AvgIpc) is 2.83. The summed E-state index contributed by atoms with van der Waals surface area (Å²) in [4.78, 5) is 36.3. The van der Waals surface area contributed by atoms with Crippen LogP contribution in [0.15, 0.2) is 18.2 Å². The summed E-state index contributed by atoms with van der Waals surface area (Å²) in [7, 11) is 0. The number of carbonyl (C=O) groups is 3. The molecular formula is C16H19N3O4. The highest BCUT2D eigenvalue weighted by atomic mass is 16.4. The highest BCUT2D eigenvalue weighted by Crippen LogP contribution is 2.58. The van der Waals surface area contributed by atoms with Crippen LogP contribution < -0.4 is 16.0 Å². The van der Waals surface area contributed by atoms with E-state index in [9.17, 15) is 14.4 Å². The van der Waals surface area contributed by atoms with Gasteiger partial charge in [0.15, 0.2) is 0 Å². The van der Waals surface area contributed by atoms with E-state index in [4.69, 9.17) is 10.8 Å². The van der Waals surface area contributed by atoms with E-state index in [0.29, 0.717) is 18.7 Å². The Morgan fingerprint density at radius 1 is 1.30 bits per heavy atom. The molecule has 2 atom stereocenters. The molecule has 0 bridgehead atoms. The maximum atomic E-state index is 12.3. The number of carboxylic acid groups (broad SMARTS) is 1. The Kier molecular flexibility index (Phi) is 3.31. The van der Waals surface area contributed by atoms with Crippen LogP contribution in [-0.2, 0) is 16.0 Å². The van der Waals surface area contributed by atoms with Crippen molar-refractivity contribution in [2.24, 2.45) is 23.0 Å². The molecule has 0 saturated heterocycles. The van der Waals surface area contributed by atoms with Gasteiger partial charge in [0.05, 0.1) is 11.8 Å². The molecule has 1 heterocycles. The number of fused-ring (bicyclic) bond motifs is 1. The number of primary amides is 1. The minimum absolute atomic E-state index is 0.285. The summed E-state index contributed by atoms with van der Waals surface area (Å²) in [5.41, 5.74) is 7.08. The number of rotatable bonds is 3. The number of carboxylic acids is 1. The van der Waals surface area contributed by atoms with E-state index in [2.05, 4.69) is 5.32 Å². The zero-order valence-corrected chi connectivity index (χ0v) is 13.0. The quantitative estimate of drug-likeness (QED) is 0.782. The number of carbonyl (C=O) groups excluding carboxylic acids is 2. The molecular weight excluding hydrogens is 298 g/mol. The Bertz CT molecular complexity index is 713. The van der Waals surface area contributed by atoms with Gasteiger partial charge < -0.3 is 16.2 Å². The molecule has 1 fully saturated rings. The third-order valence-electron chi connectivity index (χ3n) is 4.88. The van der Waals surface area contributed by atoms with Crippen molar-refractivity contribution in [1.82, 2.24) is 0 Å². The first-order valence-electron chi connectivity index (χ1n) is 7.47. The van der Waals surface area contributed by atoms with Gasteiger partial charge in [-0.05, 0) is 35.6 Å². The molecule has 7 nitrogen and oxygen atoms in total. The molecule has 122 valence electrons. The number of aliphatic carboxylic acids is 1. The molecule has 0 unspecified atom stereocenters. The Morgan fingerprint density at radius 2 is 2.00 bits per heavy atom. The summed E-state index contributed by atoms with van der Waals surface area (Å²) in [6, 6.07) is 4.75. The molecule has 0 aromatic heterocycles. The number of amides is 3. The number of benzene rings is 1. The Balaban J connectivity index is 1.74. The summed E-state index contributed by atoms with van der Waals surface area (Å²) in [6.45, 7) is 4.09. The predicted octanol–water partition coefficient (Wildman–Crippen LogP) is 1.42. The van der Waals surface area contributed by atoms with Crippen LogP contribution in [0.5, 0.6) is 0 Å². The molecule has 1 aromatic carbocycles. The molecule has 1 saturated carbocycles. The van der Waals surface area contributed by atoms with E-state index >= 15 is 0 Å². The number of hydrogen-bond donors (Lipinski definition) is 3. The highest BCUT2D eigenvalue weighted by Gasteiger charge is 2.65. The lowest BCUT2D eigenvalue weighted by atomic mass is 10.1. The van der Waals surface area contributed by atoms with Gasteiger partial charge in [-0.25, -0.2) is 4.79 Å². The lowest BCUT2D eigenvalue weighted by molar-refractivity contribution is -0.140. The van der Waals surface area contributed by atoms with E-state index in [1.807, 2.05) is 0 Å². The summed E-state index contributed by atoms with van der Waals surface area (Å²) < 4.78 is 0. The van der Waals surface area contributed by atoms with E-state index < -0.39 is 29.3 Å². The van der Waals surface area contributed by atoms with Gasteiger partial charge in [-0.2, -0.15) is 0 Å². The van der Waals surface area contributed by atoms with Gasteiger partial charge in [-0.1, -0.05) is 13.8 Å². The number of hydrogen-bond acceptors (Lipinski definition) is 3. The van der Waals surface area contributed by atoms with Crippen LogP contribution in [0, 0.1) is 17.3 Å². The molecule has 7 heteroatoms. The largest absolute Gasteiger partial charge is 0.481 e. The maximum Gasteiger partial charge on any atom is 0.319 e. The number of nitrogens with one attached hydrogen (secondary N) is 1. The highest BCUT2D eigenvalue weighted by molar-refractivity contribution is 6.00. The van der Waals surface area contributed by atoms with Gasteiger partial charge in [-0.3, -0.25) is 14.5 Å². The lowest BCUT2D eigenvalue weighted by Crippen LogP contribution is -2.33. The van der Waals surface area contributed by atoms with Crippen LogP contribution >= 0.6 is 0 Å². The number of nitrogens with two attached hydrogens (primary N) is 1. The Morgan fingerprint density at radius 3 is 2.57 bits per heavy atom. The van der Waals surface area contributed by atoms with Gasteiger partial charge in [0.2, 0.25) is 5.91 Å². The zero-order chi connectivity index (χ0) is 16.9. The SMILES string of the molecule is CC1(C)[C@H](C(=O)O)[C@@H]1C(=O)Nc1ccc2c(c1)CCN2C(N)=O. The molecule has 1 aliphatic heterocycles. The van der Waals surface area contributed by atoms with Crippen LogP contribution in [-0.4, -0.2) is 29.6 Å². The van der Waals surface area contributed by atoms with Crippen molar-refractivity contribution in [2.45, 2.75) is 20.3 Å². The fourth-order valence-electron chi connectivity index (χ4n) is 3.52. The van der Waals surface area contributed by atoms with Crippen molar-refractivity contribution in [3.63, 3.8) is 0 Å². The molecule has 3 rings (SSSR count). The van der Waals surface area contributed by atoms with Crippen molar-refractivity contribution in [3.8, 4) is 0 Å². The first-order valence-corrected chi connectivity index (χ1v) is 7.47. The van der Waals surface area contributed by atoms with Crippen molar-refractivity contribution < 1.29 is 19.5 Å². The predicted molar refractivity (Wildman–Crippen MR) is 84.1 cm³/mol. The normalized spacial score (nSPS) is 24.0. The molecule has 1 aromatic rings. The van der Waals surface area contributed by atoms with Gasteiger partial charge in [0, 0.05) is 17.9 Å². The van der Waals surface area contributed by atoms with Gasteiger partial charge in [-0.15, -0.1) is 0 Å². The fourth-order valence-corrected chi connectivity index (χ4v) is 3.52. The number of nitrogens with zero attached hydrogens (tertiary/aromatic N) is 1. The van der Waals surface area contributed by atoms with E-state index in [1.54, 1.807) is 32.0 Å². The molecule has 2 aliphatic rings. The second-order valence-electron chi connectivity index (χ2n) is 6.69. The van der Waals surface area contributed by atoms with Gasteiger partial charge in [0.25, 0.3) is 0 Å². The standard InChI is InChI=1S/C16H19N3O4/c1-16(2)11(12(16)14(21)22)13(20)18-9-3-4-10-8(7-9)5-6-19(10)15(17)23/h3-4,7,11-12H,5-6H2,1-2H3,(H2,17,23)(H,18,20)(H,21,22)/t11-,12+/m1/s1. The molecule has 1 aliphatic carbocycles. The topological polar surface area (TPSA) is 113 Å². The smallest absolute Gasteiger partial charge is 0.319 e. The van der Waals surface area contributed by atoms with Crippen molar-refractivity contribution in [3.05, 3.63) is 23.8 Å². The van der Waals surface area contributed by atoms with Gasteiger partial charge in [0.1, 0.15) is 0 Å². The third kappa shape index (κ3) is 2.42. The van der Waals surface area contributed by atoms with Crippen LogP contribution in [0.4, 0.5) is 16.2 Å². The van der Waals surface area contributed by atoms with E-state index in [1.165, 1.54) is 4.90 Å². The molecule has 4 N–H and O–H groups in total.